The number of carbonyl (C=O) groups is 2. The minimum atomic E-state index is -0.540. The van der Waals surface area contributed by atoms with E-state index in [0.29, 0.717) is 33.9 Å². The molecule has 0 saturated heterocycles. The van der Waals surface area contributed by atoms with Gasteiger partial charge in [0.25, 0.3) is 5.91 Å². The maximum Gasteiger partial charge on any atom is 0.339 e. The van der Waals surface area contributed by atoms with Gasteiger partial charge in [-0.05, 0) is 42.5 Å². The van der Waals surface area contributed by atoms with Crippen LogP contribution in [0.1, 0.15) is 26.5 Å². The van der Waals surface area contributed by atoms with Gasteiger partial charge >= 0.3 is 5.97 Å². The third-order valence-corrected chi connectivity index (χ3v) is 6.00. The number of esters is 1. The van der Waals surface area contributed by atoms with Crippen molar-refractivity contribution in [2.45, 2.75) is 0 Å². The van der Waals surface area contributed by atoms with Crippen molar-refractivity contribution in [3.05, 3.63) is 113 Å². The number of hydrogen-bond donors (Lipinski definition) is 1. The van der Waals surface area contributed by atoms with Crippen molar-refractivity contribution in [1.29, 1.82) is 0 Å². The SMILES string of the molecule is COC(=O)c1cc(-c2ccc(/C=N\NC(=O)c3cc(-c4ccccc4)nc4ccccc34)o2)ccc1Cl. The Morgan fingerprint density at radius 3 is 2.51 bits per heavy atom. The van der Waals surface area contributed by atoms with Gasteiger partial charge in [0.1, 0.15) is 11.5 Å². The molecule has 182 valence electrons. The molecular weight excluding hydrogens is 490 g/mol. The molecule has 3 aromatic carbocycles. The summed E-state index contributed by atoms with van der Waals surface area (Å²) in [6.07, 6.45) is 1.40. The number of methoxy groups -OCH3 is 1. The van der Waals surface area contributed by atoms with E-state index in [1.807, 2.05) is 54.6 Å². The van der Waals surface area contributed by atoms with Gasteiger partial charge in [-0.25, -0.2) is 15.2 Å². The van der Waals surface area contributed by atoms with Crippen LogP contribution < -0.4 is 5.43 Å². The maximum atomic E-state index is 13.1. The van der Waals surface area contributed by atoms with E-state index in [1.54, 1.807) is 36.4 Å². The maximum absolute atomic E-state index is 13.1. The minimum Gasteiger partial charge on any atom is -0.465 e. The molecular formula is C29H20ClN3O4. The molecule has 0 radical (unpaired) electrons. The predicted octanol–water partition coefficient (Wildman–Crippen LogP) is 6.37. The fourth-order valence-corrected chi connectivity index (χ4v) is 4.05. The number of aromatic nitrogens is 1. The first-order chi connectivity index (χ1) is 18.0. The minimum absolute atomic E-state index is 0.236. The third kappa shape index (κ3) is 5.12. The third-order valence-electron chi connectivity index (χ3n) is 5.67. The molecule has 2 heterocycles. The summed E-state index contributed by atoms with van der Waals surface area (Å²) in [7, 11) is 1.29. The van der Waals surface area contributed by atoms with E-state index in [1.165, 1.54) is 13.3 Å². The number of rotatable bonds is 6. The monoisotopic (exact) mass is 509 g/mol. The Bertz CT molecular complexity index is 1640. The number of hydrazone groups is 1. The van der Waals surface area contributed by atoms with Gasteiger partial charge in [0.05, 0.1) is 40.7 Å². The van der Waals surface area contributed by atoms with Crippen LogP contribution in [0.2, 0.25) is 5.02 Å². The first-order valence-electron chi connectivity index (χ1n) is 11.3. The molecule has 0 saturated carbocycles. The van der Waals surface area contributed by atoms with Crippen molar-refractivity contribution in [3.63, 3.8) is 0 Å². The van der Waals surface area contributed by atoms with Gasteiger partial charge in [-0.1, -0.05) is 60.1 Å². The topological polar surface area (TPSA) is 93.8 Å². The molecule has 7 nitrogen and oxygen atoms in total. The fraction of sp³-hybridized carbons (Fsp3) is 0.0345. The van der Waals surface area contributed by atoms with Crippen LogP contribution in [0.15, 0.2) is 101 Å². The van der Waals surface area contributed by atoms with E-state index >= 15 is 0 Å². The standard InChI is InChI=1S/C29H20ClN3O4/c1-36-29(35)23-15-19(11-13-24(23)30)27-14-12-20(37-27)17-31-33-28(34)22-16-26(18-7-3-2-4-8-18)32-25-10-6-5-9-21(22)25/h2-17H,1H3,(H,33,34)/b31-17-. The number of pyridine rings is 1. The summed E-state index contributed by atoms with van der Waals surface area (Å²) in [4.78, 5) is 29.7. The van der Waals surface area contributed by atoms with Gasteiger partial charge in [0.2, 0.25) is 0 Å². The van der Waals surface area contributed by atoms with Crippen LogP contribution in [-0.4, -0.2) is 30.2 Å². The quantitative estimate of drug-likeness (QED) is 0.163. The van der Waals surface area contributed by atoms with Crippen LogP contribution >= 0.6 is 11.6 Å². The highest BCUT2D eigenvalue weighted by atomic mass is 35.5. The Kier molecular flexibility index (Phi) is 6.78. The molecule has 1 amide bonds. The Morgan fingerprint density at radius 1 is 0.919 bits per heavy atom. The van der Waals surface area contributed by atoms with E-state index in [9.17, 15) is 9.59 Å². The smallest absolute Gasteiger partial charge is 0.339 e. The fourth-order valence-electron chi connectivity index (χ4n) is 3.86. The van der Waals surface area contributed by atoms with Crippen LogP contribution in [0.3, 0.4) is 0 Å². The van der Waals surface area contributed by atoms with Gasteiger partial charge in [0, 0.05) is 16.5 Å². The van der Waals surface area contributed by atoms with Crippen molar-refractivity contribution >= 4 is 40.6 Å². The number of carbonyl (C=O) groups excluding carboxylic acids is 2. The van der Waals surface area contributed by atoms with Crippen LogP contribution in [-0.2, 0) is 4.74 Å². The molecule has 0 bridgehead atoms. The van der Waals surface area contributed by atoms with Gasteiger partial charge < -0.3 is 9.15 Å². The summed E-state index contributed by atoms with van der Waals surface area (Å²) in [5.41, 5.74) is 6.22. The summed E-state index contributed by atoms with van der Waals surface area (Å²) >= 11 is 6.10. The zero-order valence-corrected chi connectivity index (χ0v) is 20.4. The number of para-hydroxylation sites is 1. The molecule has 0 aliphatic carbocycles. The van der Waals surface area contributed by atoms with Crippen LogP contribution in [0.4, 0.5) is 0 Å². The highest BCUT2D eigenvalue weighted by Gasteiger charge is 2.15. The van der Waals surface area contributed by atoms with Crippen molar-refractivity contribution in [2.24, 2.45) is 5.10 Å². The summed E-state index contributed by atoms with van der Waals surface area (Å²) < 4.78 is 10.6. The van der Waals surface area contributed by atoms with Crippen LogP contribution in [0, 0.1) is 0 Å². The van der Waals surface area contributed by atoms with E-state index in [-0.39, 0.29) is 16.5 Å². The summed E-state index contributed by atoms with van der Waals surface area (Å²) in [5.74, 6) is -0.00199. The molecule has 2 aromatic heterocycles. The van der Waals surface area contributed by atoms with Gasteiger partial charge in [-0.2, -0.15) is 5.10 Å². The normalized spacial score (nSPS) is 11.1. The largest absolute Gasteiger partial charge is 0.465 e. The highest BCUT2D eigenvalue weighted by molar-refractivity contribution is 6.33. The number of hydrogen-bond acceptors (Lipinski definition) is 6. The number of fused-ring (bicyclic) bond motifs is 1. The van der Waals surface area contributed by atoms with Gasteiger partial charge in [-0.15, -0.1) is 0 Å². The molecule has 0 aliphatic rings. The number of nitrogens with zero attached hydrogens (tertiary/aromatic N) is 2. The Labute approximate surface area is 217 Å². The van der Waals surface area contributed by atoms with E-state index in [2.05, 4.69) is 10.5 Å². The first kappa shape index (κ1) is 24.0. The zero-order valence-electron chi connectivity index (χ0n) is 19.6. The van der Waals surface area contributed by atoms with Crippen molar-refractivity contribution in [1.82, 2.24) is 10.4 Å². The molecule has 0 aliphatic heterocycles. The second-order valence-corrected chi connectivity index (χ2v) is 8.43. The molecule has 5 rings (SSSR count). The van der Waals surface area contributed by atoms with Crippen LogP contribution in [0.25, 0.3) is 33.5 Å². The molecule has 5 aromatic rings. The molecule has 0 atom stereocenters. The second kappa shape index (κ2) is 10.5. The molecule has 0 unspecified atom stereocenters. The number of nitrogens with one attached hydrogen (secondary N) is 1. The number of benzene rings is 3. The average molecular weight is 510 g/mol. The Balaban J connectivity index is 1.37. The van der Waals surface area contributed by atoms with Crippen molar-refractivity contribution in [3.8, 4) is 22.6 Å². The average Bonchev–Trinajstić information content (AvgIpc) is 3.41. The van der Waals surface area contributed by atoms with E-state index in [4.69, 9.17) is 25.7 Å². The Hall–Kier alpha value is -4.75. The second-order valence-electron chi connectivity index (χ2n) is 8.03. The lowest BCUT2D eigenvalue weighted by molar-refractivity contribution is 0.0601. The Morgan fingerprint density at radius 2 is 1.70 bits per heavy atom. The predicted molar refractivity (Wildman–Crippen MR) is 143 cm³/mol. The number of amides is 1. The van der Waals surface area contributed by atoms with E-state index in [0.717, 1.165) is 10.9 Å². The molecule has 37 heavy (non-hydrogen) atoms. The lowest BCUT2D eigenvalue weighted by Crippen LogP contribution is -2.18. The lowest BCUT2D eigenvalue weighted by Gasteiger charge is -2.09. The molecule has 0 fully saturated rings. The molecule has 1 N–H and O–H groups in total. The summed E-state index contributed by atoms with van der Waals surface area (Å²) in [6, 6.07) is 27.2. The van der Waals surface area contributed by atoms with E-state index < -0.39 is 5.97 Å². The van der Waals surface area contributed by atoms with Crippen LogP contribution in [0.5, 0.6) is 0 Å². The summed E-state index contributed by atoms with van der Waals surface area (Å²) in [5, 5.41) is 5.08. The summed E-state index contributed by atoms with van der Waals surface area (Å²) in [6.45, 7) is 0. The van der Waals surface area contributed by atoms with Crippen molar-refractivity contribution in [2.75, 3.05) is 7.11 Å². The number of ether oxygens (including phenoxy) is 1. The molecule has 8 heteroatoms. The lowest BCUT2D eigenvalue weighted by atomic mass is 10.0. The van der Waals surface area contributed by atoms with Gasteiger partial charge in [0.15, 0.2) is 0 Å². The number of halogens is 1. The van der Waals surface area contributed by atoms with Crippen molar-refractivity contribution < 1.29 is 18.7 Å². The molecule has 0 spiro atoms. The first-order valence-corrected chi connectivity index (χ1v) is 11.7. The number of furan rings is 1. The zero-order chi connectivity index (χ0) is 25.8. The van der Waals surface area contributed by atoms with Gasteiger partial charge in [-0.3, -0.25) is 4.79 Å². The highest BCUT2D eigenvalue weighted by Crippen LogP contribution is 2.27.